The average Bonchev–Trinajstić information content (AvgIpc) is 2.62. The minimum Gasteiger partial charge on any atom is -0.370 e. The van der Waals surface area contributed by atoms with Crippen LogP contribution in [0.15, 0.2) is 42.6 Å². The fraction of sp³-hybridized carbons (Fsp3) is 0.278. The normalized spacial score (nSPS) is 15.2. The maximum absolute atomic E-state index is 12.9. The van der Waals surface area contributed by atoms with E-state index in [1.807, 2.05) is 12.1 Å². The van der Waals surface area contributed by atoms with Crippen molar-refractivity contribution in [2.45, 2.75) is 12.8 Å². The summed E-state index contributed by atoms with van der Waals surface area (Å²) in [5.74, 6) is -0.268. The summed E-state index contributed by atoms with van der Waals surface area (Å²) in [4.78, 5) is 18.7. The average molecular weight is 309 g/mol. The van der Waals surface area contributed by atoms with Gasteiger partial charge < -0.3 is 4.90 Å². The third-order valence-corrected chi connectivity index (χ3v) is 4.22. The van der Waals surface area contributed by atoms with Crippen molar-refractivity contribution >= 4 is 11.5 Å². The molecule has 5 heteroatoms. The van der Waals surface area contributed by atoms with Gasteiger partial charge in [0.25, 0.3) is 0 Å². The lowest BCUT2D eigenvalue weighted by molar-refractivity contribution is 0.0900. The van der Waals surface area contributed by atoms with Gasteiger partial charge in [0.1, 0.15) is 17.6 Å². The quantitative estimate of drug-likeness (QED) is 0.817. The lowest BCUT2D eigenvalue weighted by Gasteiger charge is -2.32. The number of halogens is 1. The Labute approximate surface area is 134 Å². The van der Waals surface area contributed by atoms with Gasteiger partial charge in [-0.25, -0.2) is 9.37 Å². The van der Waals surface area contributed by atoms with Gasteiger partial charge in [-0.1, -0.05) is 0 Å². The molecule has 116 valence electrons. The molecule has 4 nitrogen and oxygen atoms in total. The van der Waals surface area contributed by atoms with Crippen molar-refractivity contribution in [3.05, 3.63) is 59.7 Å². The van der Waals surface area contributed by atoms with Gasteiger partial charge in [-0.2, -0.15) is 5.26 Å². The molecule has 1 aromatic carbocycles. The molecule has 2 aromatic rings. The van der Waals surface area contributed by atoms with Gasteiger partial charge >= 0.3 is 0 Å². The predicted octanol–water partition coefficient (Wildman–Crippen LogP) is 3.19. The van der Waals surface area contributed by atoms with Gasteiger partial charge in [-0.3, -0.25) is 4.79 Å². The molecular weight excluding hydrogens is 293 g/mol. The van der Waals surface area contributed by atoms with E-state index in [1.165, 1.54) is 12.1 Å². The van der Waals surface area contributed by atoms with Crippen molar-refractivity contribution in [3.8, 4) is 6.07 Å². The van der Waals surface area contributed by atoms with Crippen LogP contribution in [0.4, 0.5) is 10.1 Å². The number of carbonyl (C=O) groups excluding carboxylic acids is 1. The van der Waals surface area contributed by atoms with Crippen LogP contribution in [0.1, 0.15) is 28.9 Å². The van der Waals surface area contributed by atoms with E-state index in [0.29, 0.717) is 11.3 Å². The largest absolute Gasteiger partial charge is 0.370 e. The zero-order valence-corrected chi connectivity index (χ0v) is 12.6. The van der Waals surface area contributed by atoms with E-state index in [9.17, 15) is 9.18 Å². The number of anilines is 1. The molecule has 1 aromatic heterocycles. The highest BCUT2D eigenvalue weighted by Crippen LogP contribution is 2.25. The standard InChI is InChI=1S/C18H16FN3O/c19-15-3-1-13(2-4-15)18(23)14-7-9-22(10-8-14)17-6-5-16(11-20)21-12-17/h1-6,12,14H,7-10H2. The summed E-state index contributed by atoms with van der Waals surface area (Å²) in [6, 6.07) is 11.3. The molecule has 0 saturated carbocycles. The molecule has 0 N–H and O–H groups in total. The molecule has 0 aliphatic carbocycles. The number of carbonyl (C=O) groups is 1. The summed E-state index contributed by atoms with van der Waals surface area (Å²) in [6.07, 6.45) is 3.22. The van der Waals surface area contributed by atoms with Gasteiger partial charge in [-0.05, 0) is 49.2 Å². The van der Waals surface area contributed by atoms with Crippen molar-refractivity contribution in [1.82, 2.24) is 4.98 Å². The molecule has 0 bridgehead atoms. The number of hydrogen-bond donors (Lipinski definition) is 0. The van der Waals surface area contributed by atoms with E-state index in [0.717, 1.165) is 31.6 Å². The topological polar surface area (TPSA) is 57.0 Å². The molecule has 0 radical (unpaired) electrons. The molecule has 0 spiro atoms. The van der Waals surface area contributed by atoms with Crippen LogP contribution in [-0.2, 0) is 0 Å². The molecule has 0 atom stereocenters. The highest BCUT2D eigenvalue weighted by Gasteiger charge is 2.26. The van der Waals surface area contributed by atoms with Crippen molar-refractivity contribution in [1.29, 1.82) is 5.26 Å². The first kappa shape index (κ1) is 15.2. The second kappa shape index (κ2) is 6.57. The summed E-state index contributed by atoms with van der Waals surface area (Å²) in [5.41, 5.74) is 1.94. The van der Waals surface area contributed by atoms with Crippen LogP contribution in [0, 0.1) is 23.1 Å². The molecule has 0 amide bonds. The fourth-order valence-electron chi connectivity index (χ4n) is 2.89. The number of benzene rings is 1. The SMILES string of the molecule is N#Cc1ccc(N2CCC(C(=O)c3ccc(F)cc3)CC2)cn1. The van der Waals surface area contributed by atoms with E-state index in [2.05, 4.69) is 9.88 Å². The van der Waals surface area contributed by atoms with Crippen molar-refractivity contribution in [2.75, 3.05) is 18.0 Å². The van der Waals surface area contributed by atoms with Gasteiger partial charge in [-0.15, -0.1) is 0 Å². The highest BCUT2D eigenvalue weighted by atomic mass is 19.1. The first-order valence-electron chi connectivity index (χ1n) is 7.58. The maximum Gasteiger partial charge on any atom is 0.166 e. The molecule has 0 unspecified atom stereocenters. The lowest BCUT2D eigenvalue weighted by atomic mass is 9.89. The highest BCUT2D eigenvalue weighted by molar-refractivity contribution is 5.97. The van der Waals surface area contributed by atoms with Gasteiger partial charge in [0.2, 0.25) is 0 Å². The van der Waals surface area contributed by atoms with E-state index < -0.39 is 0 Å². The van der Waals surface area contributed by atoms with Gasteiger partial charge in [0.05, 0.1) is 11.9 Å². The summed E-state index contributed by atoms with van der Waals surface area (Å²) < 4.78 is 12.9. The molecule has 1 aliphatic rings. The summed E-state index contributed by atoms with van der Waals surface area (Å²) in [7, 11) is 0. The number of piperidine rings is 1. The Morgan fingerprint density at radius 1 is 1.17 bits per heavy atom. The van der Waals surface area contributed by atoms with E-state index in [1.54, 1.807) is 24.4 Å². The maximum atomic E-state index is 12.9. The third kappa shape index (κ3) is 3.37. The number of hydrogen-bond acceptors (Lipinski definition) is 4. The molecular formula is C18H16FN3O. The number of Topliss-reactive ketones (excluding diaryl/α,β-unsaturated/α-hetero) is 1. The van der Waals surface area contributed by atoms with Crippen molar-refractivity contribution < 1.29 is 9.18 Å². The zero-order chi connectivity index (χ0) is 16.2. The van der Waals surface area contributed by atoms with Gasteiger partial charge in [0, 0.05) is 24.6 Å². The number of ketones is 1. The number of nitriles is 1. The van der Waals surface area contributed by atoms with Crippen molar-refractivity contribution in [3.63, 3.8) is 0 Å². The number of aromatic nitrogens is 1. The lowest BCUT2D eigenvalue weighted by Crippen LogP contribution is -2.36. The zero-order valence-electron chi connectivity index (χ0n) is 12.6. The van der Waals surface area contributed by atoms with Crippen LogP contribution >= 0.6 is 0 Å². The number of rotatable bonds is 3. The van der Waals surface area contributed by atoms with Crippen LogP contribution in [-0.4, -0.2) is 23.9 Å². The molecule has 1 saturated heterocycles. The van der Waals surface area contributed by atoms with Gasteiger partial charge in [0.15, 0.2) is 5.78 Å². The monoisotopic (exact) mass is 309 g/mol. The first-order valence-corrected chi connectivity index (χ1v) is 7.58. The van der Waals surface area contributed by atoms with Crippen LogP contribution in [0.3, 0.4) is 0 Å². The second-order valence-corrected chi connectivity index (χ2v) is 5.65. The first-order chi connectivity index (χ1) is 11.2. The summed E-state index contributed by atoms with van der Waals surface area (Å²) in [6.45, 7) is 1.54. The second-order valence-electron chi connectivity index (χ2n) is 5.65. The Morgan fingerprint density at radius 2 is 1.87 bits per heavy atom. The minimum atomic E-state index is -0.329. The Bertz CT molecular complexity index is 726. The number of nitrogens with zero attached hydrogens (tertiary/aromatic N) is 3. The Kier molecular flexibility index (Phi) is 4.33. The summed E-state index contributed by atoms with van der Waals surface area (Å²) >= 11 is 0. The molecule has 23 heavy (non-hydrogen) atoms. The molecule has 2 heterocycles. The Balaban J connectivity index is 1.62. The smallest absolute Gasteiger partial charge is 0.166 e. The van der Waals surface area contributed by atoms with Crippen LogP contribution in [0.2, 0.25) is 0 Å². The Hall–Kier alpha value is -2.74. The van der Waals surface area contributed by atoms with Crippen molar-refractivity contribution in [2.24, 2.45) is 5.92 Å². The minimum absolute atomic E-state index is 0.0250. The molecule has 3 rings (SSSR count). The summed E-state index contributed by atoms with van der Waals surface area (Å²) in [5, 5.41) is 8.77. The molecule has 1 fully saturated rings. The number of pyridine rings is 1. The third-order valence-electron chi connectivity index (χ3n) is 4.22. The van der Waals surface area contributed by atoms with E-state index >= 15 is 0 Å². The van der Waals surface area contributed by atoms with Crippen LogP contribution in [0.25, 0.3) is 0 Å². The predicted molar refractivity (Wildman–Crippen MR) is 84.6 cm³/mol. The Morgan fingerprint density at radius 3 is 2.43 bits per heavy atom. The van der Waals surface area contributed by atoms with Crippen LogP contribution < -0.4 is 4.90 Å². The van der Waals surface area contributed by atoms with Crippen LogP contribution in [0.5, 0.6) is 0 Å². The van der Waals surface area contributed by atoms with E-state index in [-0.39, 0.29) is 17.5 Å². The fourth-order valence-corrected chi connectivity index (χ4v) is 2.89. The van der Waals surface area contributed by atoms with E-state index in [4.69, 9.17) is 5.26 Å². The molecule has 1 aliphatic heterocycles.